The Morgan fingerprint density at radius 3 is 2.67 bits per heavy atom. The Bertz CT molecular complexity index is 2230. The van der Waals surface area contributed by atoms with Crippen molar-refractivity contribution >= 4 is 81.0 Å². The minimum atomic E-state index is -0.699. The van der Waals surface area contributed by atoms with E-state index in [9.17, 15) is 28.4 Å². The lowest BCUT2D eigenvalue weighted by Crippen LogP contribution is -2.52. The number of carbonyl (C=O) groups excluding carboxylic acids is 5. The Kier molecular flexibility index (Phi) is 11.3. The summed E-state index contributed by atoms with van der Waals surface area (Å²) >= 11 is 7.32. The number of carbonyl (C=O) groups is 5. The summed E-state index contributed by atoms with van der Waals surface area (Å²) in [6, 6.07) is 12.3. The van der Waals surface area contributed by atoms with Crippen LogP contribution in [-0.4, -0.2) is 106 Å². The largest absolute Gasteiger partial charge is 0.494 e. The number of hydrogen-bond donors (Lipinski definition) is 3. The zero-order chi connectivity index (χ0) is 38.6. The first-order valence-corrected chi connectivity index (χ1v) is 18.9. The number of benzene rings is 3. The second-order valence-electron chi connectivity index (χ2n) is 13.1. The molecule has 1 unspecified atom stereocenters. The fraction of sp³-hybridized carbons (Fsp3) is 0.289. The van der Waals surface area contributed by atoms with Gasteiger partial charge in [0.2, 0.25) is 23.6 Å². The van der Waals surface area contributed by atoms with E-state index in [2.05, 4.69) is 30.8 Å². The number of imide groups is 1. The number of piperidine rings is 1. The molecule has 1 aromatic heterocycles. The molecule has 0 spiro atoms. The van der Waals surface area contributed by atoms with Crippen molar-refractivity contribution in [3.05, 3.63) is 89.0 Å². The van der Waals surface area contributed by atoms with Gasteiger partial charge in [0.1, 0.15) is 29.8 Å². The summed E-state index contributed by atoms with van der Waals surface area (Å²) in [6.45, 7) is 3.09. The number of hydrogen-bond acceptors (Lipinski definition) is 11. The minimum absolute atomic E-state index is 0.0157. The normalized spacial score (nSPS) is 17.4. The van der Waals surface area contributed by atoms with Gasteiger partial charge in [-0.1, -0.05) is 23.7 Å². The Labute approximate surface area is 324 Å². The molecular weight excluding hydrogens is 751 g/mol. The number of aromatic nitrogens is 2. The third-order valence-corrected chi connectivity index (χ3v) is 11.0. The standard InChI is InChI=1S/C38H36ClFN8O6S/c1-54-31-18-28-24(36(42-21-41-28)43-22-7-8-27(40)26(39)16-22)17-29(31)44-33(49)6-3-11-46-12-14-47(15-13-46)35(51)20-55-32-5-2-4-23-25(32)19-48(38(23)53)30-9-10-34(50)45-37(30)52/h2-8,16-18,21,30H,9-15,19-20H2,1H3,(H,44,49)(H,41,42,43)(H,45,50,52)/b6-3+. The van der Waals surface area contributed by atoms with E-state index < -0.39 is 17.8 Å². The van der Waals surface area contributed by atoms with E-state index in [1.807, 2.05) is 11.0 Å². The maximum atomic E-state index is 13.7. The highest BCUT2D eigenvalue weighted by Crippen LogP contribution is 2.35. The number of halogens is 2. The van der Waals surface area contributed by atoms with Gasteiger partial charge in [-0.3, -0.25) is 34.2 Å². The Morgan fingerprint density at radius 2 is 1.91 bits per heavy atom. The van der Waals surface area contributed by atoms with Crippen LogP contribution < -0.4 is 20.7 Å². The molecule has 0 radical (unpaired) electrons. The first-order chi connectivity index (χ1) is 26.6. The molecule has 0 bridgehead atoms. The monoisotopic (exact) mass is 786 g/mol. The van der Waals surface area contributed by atoms with Gasteiger partial charge in [-0.15, -0.1) is 11.8 Å². The van der Waals surface area contributed by atoms with Gasteiger partial charge in [-0.05, 0) is 48.4 Å². The van der Waals surface area contributed by atoms with E-state index in [0.717, 1.165) is 10.5 Å². The van der Waals surface area contributed by atoms with Crippen molar-refractivity contribution in [2.75, 3.05) is 56.2 Å². The zero-order valence-electron chi connectivity index (χ0n) is 29.6. The number of anilines is 3. The number of amides is 5. The van der Waals surface area contributed by atoms with E-state index in [0.29, 0.717) is 72.1 Å². The molecule has 3 aromatic carbocycles. The summed E-state index contributed by atoms with van der Waals surface area (Å²) in [5.74, 6) is -0.934. The quantitative estimate of drug-likeness (QED) is 0.112. The smallest absolute Gasteiger partial charge is 0.255 e. The molecule has 284 valence electrons. The van der Waals surface area contributed by atoms with Crippen molar-refractivity contribution in [1.82, 2.24) is 30.0 Å². The minimum Gasteiger partial charge on any atom is -0.494 e. The summed E-state index contributed by atoms with van der Waals surface area (Å²) in [5.41, 5.74) is 2.79. The topological polar surface area (TPSA) is 166 Å². The van der Waals surface area contributed by atoms with E-state index >= 15 is 0 Å². The van der Waals surface area contributed by atoms with Gasteiger partial charge in [-0.2, -0.15) is 0 Å². The van der Waals surface area contributed by atoms with E-state index in [4.69, 9.17) is 16.3 Å². The lowest BCUT2D eigenvalue weighted by Gasteiger charge is -2.34. The molecule has 2 fully saturated rings. The van der Waals surface area contributed by atoms with Gasteiger partial charge >= 0.3 is 0 Å². The number of piperazine rings is 1. The van der Waals surface area contributed by atoms with Gasteiger partial charge in [0.05, 0.1) is 29.1 Å². The maximum Gasteiger partial charge on any atom is 0.255 e. The van der Waals surface area contributed by atoms with Gasteiger partial charge < -0.3 is 25.2 Å². The van der Waals surface area contributed by atoms with Crippen molar-refractivity contribution in [2.45, 2.75) is 30.3 Å². The maximum absolute atomic E-state index is 13.7. The number of nitrogens with zero attached hydrogens (tertiary/aromatic N) is 5. The Balaban J connectivity index is 0.896. The van der Waals surface area contributed by atoms with E-state index in [1.165, 1.54) is 54.4 Å². The molecule has 55 heavy (non-hydrogen) atoms. The van der Waals surface area contributed by atoms with Gasteiger partial charge in [0, 0.05) is 79.4 Å². The number of fused-ring (bicyclic) bond motifs is 2. The molecule has 14 nitrogen and oxygen atoms in total. The number of methoxy groups -OCH3 is 1. The summed E-state index contributed by atoms with van der Waals surface area (Å²) in [5, 5.41) is 8.85. The molecule has 0 saturated carbocycles. The molecule has 4 heterocycles. The third kappa shape index (κ3) is 8.40. The predicted octanol–water partition coefficient (Wildman–Crippen LogP) is 4.37. The summed E-state index contributed by atoms with van der Waals surface area (Å²) in [4.78, 5) is 78.3. The fourth-order valence-corrected chi connectivity index (χ4v) is 7.91. The Hall–Kier alpha value is -5.58. The fourth-order valence-electron chi connectivity index (χ4n) is 6.75. The lowest BCUT2D eigenvalue weighted by atomic mass is 10.0. The van der Waals surface area contributed by atoms with Crippen LogP contribution in [0.3, 0.4) is 0 Å². The van der Waals surface area contributed by atoms with Gasteiger partial charge in [0.15, 0.2) is 0 Å². The highest BCUT2D eigenvalue weighted by molar-refractivity contribution is 8.00. The number of nitrogens with one attached hydrogen (secondary N) is 3. The summed E-state index contributed by atoms with van der Waals surface area (Å²) in [7, 11) is 1.49. The van der Waals surface area contributed by atoms with Crippen LogP contribution >= 0.6 is 23.4 Å². The van der Waals surface area contributed by atoms with Crippen molar-refractivity contribution in [3.8, 4) is 5.75 Å². The van der Waals surface area contributed by atoms with Gasteiger partial charge in [-0.25, -0.2) is 14.4 Å². The molecule has 3 N–H and O–H groups in total. The Morgan fingerprint density at radius 1 is 1.09 bits per heavy atom. The van der Waals surface area contributed by atoms with Crippen molar-refractivity contribution in [1.29, 1.82) is 0 Å². The lowest BCUT2D eigenvalue weighted by molar-refractivity contribution is -0.137. The first-order valence-electron chi connectivity index (χ1n) is 17.5. The van der Waals surface area contributed by atoms with Crippen LogP contribution in [0.15, 0.2) is 71.9 Å². The van der Waals surface area contributed by atoms with Crippen LogP contribution in [0, 0.1) is 5.82 Å². The predicted molar refractivity (Wildman–Crippen MR) is 205 cm³/mol. The molecule has 17 heteroatoms. The number of ether oxygens (including phenoxy) is 1. The molecule has 0 aliphatic carbocycles. The second-order valence-corrected chi connectivity index (χ2v) is 14.5. The highest BCUT2D eigenvalue weighted by Gasteiger charge is 2.40. The van der Waals surface area contributed by atoms with E-state index in [1.54, 1.807) is 30.3 Å². The molecule has 3 aliphatic rings. The van der Waals surface area contributed by atoms with E-state index in [-0.39, 0.29) is 53.8 Å². The van der Waals surface area contributed by atoms with Crippen molar-refractivity contribution in [2.24, 2.45) is 0 Å². The van der Waals surface area contributed by atoms with Crippen LogP contribution in [0.1, 0.15) is 28.8 Å². The molecule has 5 amide bonds. The molecule has 3 aliphatic heterocycles. The van der Waals surface area contributed by atoms with Crippen LogP contribution in [-0.2, 0) is 25.7 Å². The van der Waals surface area contributed by atoms with Crippen molar-refractivity contribution in [3.63, 3.8) is 0 Å². The molecular formula is C38H36ClFN8O6S. The summed E-state index contributed by atoms with van der Waals surface area (Å²) in [6.07, 6.45) is 5.06. The zero-order valence-corrected chi connectivity index (χ0v) is 31.2. The van der Waals surface area contributed by atoms with Crippen LogP contribution in [0.2, 0.25) is 5.02 Å². The average Bonchev–Trinajstić information content (AvgIpc) is 3.51. The van der Waals surface area contributed by atoms with Gasteiger partial charge in [0.25, 0.3) is 5.91 Å². The SMILES string of the molecule is COc1cc2ncnc(Nc3ccc(F)c(Cl)c3)c2cc1NC(=O)/C=C/CN1CCN(C(=O)CSc2cccc3c2CN(C2CCC(=O)NC2=O)C3=O)CC1. The van der Waals surface area contributed by atoms with Crippen LogP contribution in [0.5, 0.6) is 5.75 Å². The average molecular weight is 787 g/mol. The van der Waals surface area contributed by atoms with Crippen molar-refractivity contribution < 1.29 is 33.1 Å². The third-order valence-electron chi connectivity index (χ3n) is 9.64. The molecule has 1 atom stereocenters. The summed E-state index contributed by atoms with van der Waals surface area (Å²) < 4.78 is 19.2. The number of rotatable bonds is 11. The highest BCUT2D eigenvalue weighted by atomic mass is 35.5. The number of thioether (sulfide) groups is 1. The molecule has 4 aromatic rings. The molecule has 2 saturated heterocycles. The first kappa shape index (κ1) is 37.7. The molecule has 7 rings (SSSR count). The van der Waals surface area contributed by atoms with Crippen LogP contribution in [0.25, 0.3) is 10.9 Å². The second kappa shape index (κ2) is 16.4. The van der Waals surface area contributed by atoms with Crippen LogP contribution in [0.4, 0.5) is 21.6 Å².